The maximum Gasteiger partial charge on any atom is 0.258 e. The Morgan fingerprint density at radius 3 is 3.03 bits per heavy atom. The first-order valence-electron chi connectivity index (χ1n) is 8.83. The number of hydrogen-bond acceptors (Lipinski definition) is 6. The van der Waals surface area contributed by atoms with Gasteiger partial charge in [-0.05, 0) is 35.9 Å². The number of nitrogens with one attached hydrogen (secondary N) is 2. The van der Waals surface area contributed by atoms with Gasteiger partial charge in [0.15, 0.2) is 0 Å². The largest absolute Gasteiger partial charge is 0.497 e. The SMILES string of the molecule is COc1cccc(-c2csc3nc(NC(=O)c4ccc5c(c4)CC(=O)N5)nn23)c1. The van der Waals surface area contributed by atoms with Gasteiger partial charge in [-0.2, -0.15) is 4.98 Å². The van der Waals surface area contributed by atoms with Crippen molar-refractivity contribution in [1.82, 2.24) is 14.6 Å². The quantitative estimate of drug-likeness (QED) is 0.543. The Labute approximate surface area is 169 Å². The maximum absolute atomic E-state index is 12.6. The van der Waals surface area contributed by atoms with E-state index in [0.29, 0.717) is 10.5 Å². The summed E-state index contributed by atoms with van der Waals surface area (Å²) < 4.78 is 6.98. The number of fused-ring (bicyclic) bond motifs is 2. The summed E-state index contributed by atoms with van der Waals surface area (Å²) in [6.45, 7) is 0. The van der Waals surface area contributed by atoms with Crippen molar-refractivity contribution in [2.45, 2.75) is 6.42 Å². The minimum Gasteiger partial charge on any atom is -0.497 e. The van der Waals surface area contributed by atoms with Crippen LogP contribution in [0.25, 0.3) is 16.2 Å². The first-order valence-corrected chi connectivity index (χ1v) is 9.71. The summed E-state index contributed by atoms with van der Waals surface area (Å²) in [6, 6.07) is 12.8. The summed E-state index contributed by atoms with van der Waals surface area (Å²) in [4.78, 5) is 29.2. The van der Waals surface area contributed by atoms with Crippen molar-refractivity contribution >= 4 is 39.7 Å². The van der Waals surface area contributed by atoms with Gasteiger partial charge in [-0.3, -0.25) is 14.9 Å². The number of methoxy groups -OCH3 is 1. The number of hydrogen-bond donors (Lipinski definition) is 2. The van der Waals surface area contributed by atoms with Crippen LogP contribution >= 0.6 is 11.3 Å². The Balaban J connectivity index is 1.42. The summed E-state index contributed by atoms with van der Waals surface area (Å²) in [5, 5.41) is 11.9. The third kappa shape index (κ3) is 3.11. The minimum atomic E-state index is -0.326. The summed E-state index contributed by atoms with van der Waals surface area (Å²) in [6.07, 6.45) is 0.277. The molecule has 0 radical (unpaired) electrons. The molecule has 1 aliphatic heterocycles. The number of carbonyl (C=O) groups excluding carboxylic acids is 2. The van der Waals surface area contributed by atoms with Crippen molar-refractivity contribution in [3.8, 4) is 17.0 Å². The van der Waals surface area contributed by atoms with E-state index in [9.17, 15) is 9.59 Å². The van der Waals surface area contributed by atoms with Gasteiger partial charge in [0.25, 0.3) is 11.9 Å². The van der Waals surface area contributed by atoms with E-state index in [1.165, 1.54) is 11.3 Å². The van der Waals surface area contributed by atoms with Crippen LogP contribution in [-0.4, -0.2) is 33.5 Å². The van der Waals surface area contributed by atoms with Crippen LogP contribution < -0.4 is 15.4 Å². The Hall–Kier alpha value is -3.72. The van der Waals surface area contributed by atoms with Gasteiger partial charge in [-0.25, -0.2) is 4.52 Å². The lowest BCUT2D eigenvalue weighted by Crippen LogP contribution is -2.13. The van der Waals surface area contributed by atoms with Crippen LogP contribution in [0.15, 0.2) is 47.8 Å². The molecule has 2 aromatic carbocycles. The molecule has 1 aliphatic rings. The zero-order valence-corrected chi connectivity index (χ0v) is 16.1. The van der Waals surface area contributed by atoms with Crippen LogP contribution in [0.3, 0.4) is 0 Å². The lowest BCUT2D eigenvalue weighted by molar-refractivity contribution is -0.115. The molecule has 0 spiro atoms. The molecule has 0 atom stereocenters. The van der Waals surface area contributed by atoms with Crippen molar-refractivity contribution in [3.05, 3.63) is 59.0 Å². The number of rotatable bonds is 4. The molecule has 29 heavy (non-hydrogen) atoms. The number of benzene rings is 2. The molecule has 8 nitrogen and oxygen atoms in total. The van der Waals surface area contributed by atoms with E-state index in [0.717, 1.165) is 28.3 Å². The fourth-order valence-electron chi connectivity index (χ4n) is 3.26. The van der Waals surface area contributed by atoms with Crippen LogP contribution in [0.1, 0.15) is 15.9 Å². The fraction of sp³-hybridized carbons (Fsp3) is 0.100. The van der Waals surface area contributed by atoms with Gasteiger partial charge in [0.1, 0.15) is 5.75 Å². The molecule has 9 heteroatoms. The highest BCUT2D eigenvalue weighted by atomic mass is 32.1. The number of carbonyl (C=O) groups is 2. The van der Waals surface area contributed by atoms with E-state index in [1.807, 2.05) is 29.6 Å². The normalized spacial score (nSPS) is 12.7. The van der Waals surface area contributed by atoms with E-state index in [2.05, 4.69) is 20.7 Å². The van der Waals surface area contributed by atoms with Crippen LogP contribution in [0.2, 0.25) is 0 Å². The van der Waals surface area contributed by atoms with Crippen molar-refractivity contribution in [3.63, 3.8) is 0 Å². The number of aromatic nitrogens is 3. The van der Waals surface area contributed by atoms with Gasteiger partial charge in [-0.1, -0.05) is 12.1 Å². The standard InChI is InChI=1S/C20H15N5O3S/c1-28-14-4-2-3-11(8-14)16-10-29-20-23-19(24-25(16)20)22-18(27)12-5-6-15-13(7-12)9-17(26)21-15/h2-8,10H,9H2,1H3,(H,21,26)(H,22,24,27). The van der Waals surface area contributed by atoms with Crippen LogP contribution in [-0.2, 0) is 11.2 Å². The number of thiazole rings is 1. The lowest BCUT2D eigenvalue weighted by Gasteiger charge is -2.04. The molecule has 3 heterocycles. The van der Waals surface area contributed by atoms with E-state index in [-0.39, 0.29) is 24.2 Å². The van der Waals surface area contributed by atoms with E-state index in [1.54, 1.807) is 29.8 Å². The van der Waals surface area contributed by atoms with E-state index < -0.39 is 0 Å². The third-order valence-electron chi connectivity index (χ3n) is 4.66. The highest BCUT2D eigenvalue weighted by Gasteiger charge is 2.20. The van der Waals surface area contributed by atoms with Crippen molar-refractivity contribution in [1.29, 1.82) is 0 Å². The first-order chi connectivity index (χ1) is 14.1. The van der Waals surface area contributed by atoms with Crippen molar-refractivity contribution in [2.75, 3.05) is 17.7 Å². The predicted octanol–water partition coefficient (Wildman–Crippen LogP) is 3.21. The van der Waals surface area contributed by atoms with Gasteiger partial charge in [0.05, 0.1) is 19.2 Å². The molecule has 0 aliphatic carbocycles. The van der Waals surface area contributed by atoms with Gasteiger partial charge in [0, 0.05) is 22.2 Å². The molecule has 4 aromatic rings. The second kappa shape index (κ2) is 6.71. The molecule has 0 fully saturated rings. The van der Waals surface area contributed by atoms with Gasteiger partial charge in [0.2, 0.25) is 10.9 Å². The molecule has 2 amide bonds. The second-order valence-corrected chi connectivity index (χ2v) is 7.37. The molecule has 0 bridgehead atoms. The summed E-state index contributed by atoms with van der Waals surface area (Å²) in [5.74, 6) is 0.577. The smallest absolute Gasteiger partial charge is 0.258 e. The molecule has 0 saturated carbocycles. The molecule has 2 N–H and O–H groups in total. The fourth-order valence-corrected chi connectivity index (χ4v) is 4.09. The molecule has 0 saturated heterocycles. The average molecular weight is 405 g/mol. The molecule has 144 valence electrons. The highest BCUT2D eigenvalue weighted by molar-refractivity contribution is 7.15. The van der Waals surface area contributed by atoms with Gasteiger partial charge >= 0.3 is 0 Å². The van der Waals surface area contributed by atoms with Gasteiger partial charge in [-0.15, -0.1) is 16.4 Å². The van der Waals surface area contributed by atoms with Crippen LogP contribution in [0, 0.1) is 0 Å². The Kier molecular flexibility index (Phi) is 4.02. The number of anilines is 2. The first kappa shape index (κ1) is 17.4. The second-order valence-electron chi connectivity index (χ2n) is 6.53. The molecule has 5 rings (SSSR count). The Bertz CT molecular complexity index is 1280. The molecular formula is C20H15N5O3S. The van der Waals surface area contributed by atoms with E-state index in [4.69, 9.17) is 4.74 Å². The maximum atomic E-state index is 12.6. The topological polar surface area (TPSA) is 97.6 Å². The summed E-state index contributed by atoms with van der Waals surface area (Å²) in [7, 11) is 1.62. The number of nitrogens with zero attached hydrogens (tertiary/aromatic N) is 3. The Morgan fingerprint density at radius 2 is 2.17 bits per heavy atom. The lowest BCUT2D eigenvalue weighted by atomic mass is 10.1. The minimum absolute atomic E-state index is 0.0707. The third-order valence-corrected chi connectivity index (χ3v) is 5.48. The monoisotopic (exact) mass is 405 g/mol. The molecule has 0 unspecified atom stereocenters. The van der Waals surface area contributed by atoms with Crippen molar-refractivity contribution in [2.24, 2.45) is 0 Å². The summed E-state index contributed by atoms with van der Waals surface area (Å²) >= 11 is 1.43. The van der Waals surface area contributed by atoms with E-state index >= 15 is 0 Å². The summed E-state index contributed by atoms with van der Waals surface area (Å²) in [5.41, 5.74) is 3.80. The predicted molar refractivity (Wildman–Crippen MR) is 110 cm³/mol. The molecular weight excluding hydrogens is 390 g/mol. The van der Waals surface area contributed by atoms with Gasteiger partial charge < -0.3 is 10.1 Å². The Morgan fingerprint density at radius 1 is 1.28 bits per heavy atom. The zero-order chi connectivity index (χ0) is 20.0. The number of amides is 2. The number of ether oxygens (including phenoxy) is 1. The molecule has 2 aromatic heterocycles. The van der Waals surface area contributed by atoms with Crippen LogP contribution in [0.5, 0.6) is 5.75 Å². The zero-order valence-electron chi connectivity index (χ0n) is 15.3. The average Bonchev–Trinajstić information content (AvgIpc) is 3.40. The van der Waals surface area contributed by atoms with Crippen LogP contribution in [0.4, 0.5) is 11.6 Å². The van der Waals surface area contributed by atoms with Crippen molar-refractivity contribution < 1.29 is 14.3 Å². The highest BCUT2D eigenvalue weighted by Crippen LogP contribution is 2.29.